The van der Waals surface area contributed by atoms with Crippen molar-refractivity contribution in [2.24, 2.45) is 0 Å². The zero-order valence-corrected chi connectivity index (χ0v) is 15.8. The van der Waals surface area contributed by atoms with Crippen LogP contribution < -0.4 is 15.4 Å². The van der Waals surface area contributed by atoms with E-state index in [-0.39, 0.29) is 18.0 Å². The van der Waals surface area contributed by atoms with Gasteiger partial charge in [-0.1, -0.05) is 11.6 Å². The summed E-state index contributed by atoms with van der Waals surface area (Å²) >= 11 is 5.85. The van der Waals surface area contributed by atoms with Crippen LogP contribution in [0.5, 0.6) is 5.75 Å². The second-order valence-corrected chi connectivity index (χ2v) is 6.84. The Labute approximate surface area is 163 Å². The molecule has 2 aromatic carbocycles. The molecule has 0 aromatic heterocycles. The van der Waals surface area contributed by atoms with E-state index in [2.05, 4.69) is 10.6 Å². The Morgan fingerprint density at radius 2 is 1.67 bits per heavy atom. The molecule has 2 aromatic rings. The lowest BCUT2D eigenvalue weighted by Crippen LogP contribution is -2.47. The molecule has 0 saturated carbocycles. The van der Waals surface area contributed by atoms with Crippen LogP contribution in [-0.4, -0.2) is 43.1 Å². The molecule has 3 rings (SSSR count). The summed E-state index contributed by atoms with van der Waals surface area (Å²) in [7, 11) is 1.59. The highest BCUT2D eigenvalue weighted by Gasteiger charge is 2.24. The van der Waals surface area contributed by atoms with Crippen molar-refractivity contribution in [3.8, 4) is 5.75 Å². The number of carbonyl (C=O) groups is 2. The van der Waals surface area contributed by atoms with Crippen molar-refractivity contribution in [2.75, 3.05) is 25.5 Å². The van der Waals surface area contributed by atoms with Gasteiger partial charge >= 0.3 is 6.03 Å². The zero-order chi connectivity index (χ0) is 19.2. The third kappa shape index (κ3) is 5.14. The third-order valence-electron chi connectivity index (χ3n) is 4.57. The van der Waals surface area contributed by atoms with E-state index in [1.165, 1.54) is 0 Å². The first-order chi connectivity index (χ1) is 13.0. The van der Waals surface area contributed by atoms with Crippen LogP contribution in [0.25, 0.3) is 0 Å². The molecular formula is C20H22ClN3O3. The molecule has 1 aliphatic rings. The van der Waals surface area contributed by atoms with Gasteiger partial charge in [0, 0.05) is 35.4 Å². The number of likely N-dealkylation sites (tertiary alicyclic amines) is 1. The minimum atomic E-state index is -0.141. The lowest BCUT2D eigenvalue weighted by atomic mass is 10.0. The number of carbonyl (C=O) groups excluding carboxylic acids is 2. The summed E-state index contributed by atoms with van der Waals surface area (Å²) in [6.45, 7) is 1.18. The molecule has 1 aliphatic heterocycles. The third-order valence-corrected chi connectivity index (χ3v) is 4.82. The molecule has 0 atom stereocenters. The molecule has 27 heavy (non-hydrogen) atoms. The van der Waals surface area contributed by atoms with Crippen LogP contribution in [0.2, 0.25) is 5.02 Å². The second-order valence-electron chi connectivity index (χ2n) is 6.40. The number of hydrogen-bond acceptors (Lipinski definition) is 3. The highest BCUT2D eigenvalue weighted by molar-refractivity contribution is 6.30. The van der Waals surface area contributed by atoms with Crippen molar-refractivity contribution in [3.63, 3.8) is 0 Å². The Morgan fingerprint density at radius 3 is 2.26 bits per heavy atom. The molecule has 142 valence electrons. The van der Waals surface area contributed by atoms with E-state index in [0.717, 1.165) is 12.8 Å². The van der Waals surface area contributed by atoms with E-state index in [9.17, 15) is 9.59 Å². The molecule has 3 amide bonds. The molecule has 1 fully saturated rings. The van der Waals surface area contributed by atoms with Gasteiger partial charge in [0.05, 0.1) is 7.11 Å². The lowest BCUT2D eigenvalue weighted by molar-refractivity contribution is 0.0919. The predicted molar refractivity (Wildman–Crippen MR) is 106 cm³/mol. The Bertz CT molecular complexity index is 785. The van der Waals surface area contributed by atoms with Crippen LogP contribution in [-0.2, 0) is 0 Å². The number of rotatable bonds is 4. The Hall–Kier alpha value is -2.73. The average molecular weight is 388 g/mol. The van der Waals surface area contributed by atoms with Crippen molar-refractivity contribution >= 4 is 29.2 Å². The Morgan fingerprint density at radius 1 is 1.04 bits per heavy atom. The number of nitrogens with zero attached hydrogens (tertiary/aromatic N) is 1. The number of urea groups is 1. The fraction of sp³-hybridized carbons (Fsp3) is 0.300. The first-order valence-corrected chi connectivity index (χ1v) is 9.19. The van der Waals surface area contributed by atoms with Gasteiger partial charge < -0.3 is 20.3 Å². The van der Waals surface area contributed by atoms with Gasteiger partial charge in [0.15, 0.2) is 0 Å². The molecule has 1 saturated heterocycles. The monoisotopic (exact) mass is 387 g/mol. The fourth-order valence-corrected chi connectivity index (χ4v) is 3.10. The van der Waals surface area contributed by atoms with Gasteiger partial charge in [-0.15, -0.1) is 0 Å². The summed E-state index contributed by atoms with van der Waals surface area (Å²) in [4.78, 5) is 26.4. The predicted octanol–water partition coefficient (Wildman–Crippen LogP) is 3.77. The highest BCUT2D eigenvalue weighted by atomic mass is 35.5. The summed E-state index contributed by atoms with van der Waals surface area (Å²) in [5, 5.41) is 6.52. The molecule has 0 radical (unpaired) electrons. The zero-order valence-electron chi connectivity index (χ0n) is 15.1. The molecule has 6 nitrogen and oxygen atoms in total. The number of piperidine rings is 1. The van der Waals surface area contributed by atoms with Gasteiger partial charge in [-0.2, -0.15) is 0 Å². The fourth-order valence-electron chi connectivity index (χ4n) is 2.97. The van der Waals surface area contributed by atoms with Gasteiger partial charge in [-0.25, -0.2) is 4.79 Å². The van der Waals surface area contributed by atoms with Crippen molar-refractivity contribution in [1.82, 2.24) is 10.2 Å². The number of anilines is 1. The number of halogens is 1. The van der Waals surface area contributed by atoms with Crippen molar-refractivity contribution in [2.45, 2.75) is 18.9 Å². The van der Waals surface area contributed by atoms with E-state index in [0.29, 0.717) is 35.1 Å². The number of methoxy groups -OCH3 is 1. The van der Waals surface area contributed by atoms with Crippen molar-refractivity contribution in [3.05, 3.63) is 59.1 Å². The van der Waals surface area contributed by atoms with Gasteiger partial charge in [-0.3, -0.25) is 4.79 Å². The highest BCUT2D eigenvalue weighted by Crippen LogP contribution is 2.17. The number of ether oxygens (including phenoxy) is 1. The van der Waals surface area contributed by atoms with Crippen molar-refractivity contribution < 1.29 is 14.3 Å². The maximum absolute atomic E-state index is 12.3. The molecule has 7 heteroatoms. The number of hydrogen-bond donors (Lipinski definition) is 2. The van der Waals surface area contributed by atoms with Crippen molar-refractivity contribution in [1.29, 1.82) is 0 Å². The van der Waals surface area contributed by atoms with E-state index < -0.39 is 0 Å². The van der Waals surface area contributed by atoms with Gasteiger partial charge in [0.2, 0.25) is 0 Å². The molecule has 0 spiro atoms. The summed E-state index contributed by atoms with van der Waals surface area (Å²) < 4.78 is 5.10. The lowest BCUT2D eigenvalue weighted by Gasteiger charge is -2.32. The summed E-state index contributed by atoms with van der Waals surface area (Å²) in [5.74, 6) is 0.605. The number of nitrogens with one attached hydrogen (secondary N) is 2. The first-order valence-electron chi connectivity index (χ1n) is 8.81. The largest absolute Gasteiger partial charge is 0.497 e. The van der Waals surface area contributed by atoms with E-state index in [1.54, 1.807) is 60.5 Å². The van der Waals surface area contributed by atoms with E-state index in [4.69, 9.17) is 16.3 Å². The van der Waals surface area contributed by atoms with E-state index in [1.807, 2.05) is 0 Å². The van der Waals surface area contributed by atoms with Gasteiger partial charge in [0.1, 0.15) is 5.75 Å². The standard InChI is InChI=1S/C20H22ClN3O3/c1-27-18-8-2-14(3-9-18)19(25)22-17-10-12-24(13-11-17)20(26)23-16-6-4-15(21)5-7-16/h2-9,17H,10-13H2,1H3,(H,22,25)(H,23,26). The summed E-state index contributed by atoms with van der Waals surface area (Å²) in [6.07, 6.45) is 1.44. The van der Waals surface area contributed by atoms with Gasteiger partial charge in [-0.05, 0) is 61.4 Å². The minimum Gasteiger partial charge on any atom is -0.497 e. The van der Waals surface area contributed by atoms with Crippen LogP contribution in [0.15, 0.2) is 48.5 Å². The summed E-state index contributed by atoms with van der Waals surface area (Å²) in [5.41, 5.74) is 1.30. The second kappa shape index (κ2) is 8.77. The maximum Gasteiger partial charge on any atom is 0.321 e. The number of benzene rings is 2. The molecule has 0 unspecified atom stereocenters. The Kier molecular flexibility index (Phi) is 6.19. The SMILES string of the molecule is COc1ccc(C(=O)NC2CCN(C(=O)Nc3ccc(Cl)cc3)CC2)cc1. The Balaban J connectivity index is 1.47. The molecule has 2 N–H and O–H groups in total. The maximum atomic E-state index is 12.3. The normalized spacial score (nSPS) is 14.5. The van der Waals surface area contributed by atoms with Crippen LogP contribution in [0.3, 0.4) is 0 Å². The molecule has 1 heterocycles. The smallest absolute Gasteiger partial charge is 0.321 e. The topological polar surface area (TPSA) is 70.7 Å². The summed E-state index contributed by atoms with van der Waals surface area (Å²) in [6, 6.07) is 13.9. The first kappa shape index (κ1) is 19.0. The van der Waals surface area contributed by atoms with Gasteiger partial charge in [0.25, 0.3) is 5.91 Å². The number of amides is 3. The van der Waals surface area contributed by atoms with Crippen LogP contribution in [0, 0.1) is 0 Å². The van der Waals surface area contributed by atoms with Crippen LogP contribution >= 0.6 is 11.6 Å². The van der Waals surface area contributed by atoms with Crippen LogP contribution in [0.4, 0.5) is 10.5 Å². The molecule has 0 bridgehead atoms. The molecule has 0 aliphatic carbocycles. The molecular weight excluding hydrogens is 366 g/mol. The quantitative estimate of drug-likeness (QED) is 0.838. The van der Waals surface area contributed by atoms with Crippen LogP contribution in [0.1, 0.15) is 23.2 Å². The average Bonchev–Trinajstić information content (AvgIpc) is 2.70. The minimum absolute atomic E-state index is 0.0548. The van der Waals surface area contributed by atoms with E-state index >= 15 is 0 Å².